The Kier molecular flexibility index (Phi) is 7.30. The molecule has 0 unspecified atom stereocenters. The number of nitrogens with zero attached hydrogens (tertiary/aromatic N) is 1. The minimum Gasteiger partial charge on any atom is -0.493 e. The second kappa shape index (κ2) is 10.7. The third-order valence-electron chi connectivity index (χ3n) is 5.22. The van der Waals surface area contributed by atoms with E-state index in [1.807, 2.05) is 42.5 Å². The van der Waals surface area contributed by atoms with E-state index in [1.165, 1.54) is 31.4 Å². The number of amides is 1. The Morgan fingerprint density at radius 1 is 1.06 bits per heavy atom. The van der Waals surface area contributed by atoms with Gasteiger partial charge in [-0.2, -0.15) is 5.26 Å². The second-order valence-electron chi connectivity index (χ2n) is 7.61. The highest BCUT2D eigenvalue weighted by Crippen LogP contribution is 2.37. The average molecular weight is 487 g/mol. The van der Waals surface area contributed by atoms with E-state index in [0.29, 0.717) is 22.6 Å². The summed E-state index contributed by atoms with van der Waals surface area (Å²) in [6.45, 7) is -0.330. The molecule has 4 aromatic rings. The molecule has 4 rings (SSSR count). The van der Waals surface area contributed by atoms with Crippen LogP contribution in [0, 0.1) is 17.1 Å². The maximum Gasteiger partial charge on any atom is 0.262 e. The maximum absolute atomic E-state index is 13.0. The van der Waals surface area contributed by atoms with Crippen LogP contribution in [-0.2, 0) is 4.79 Å². The van der Waals surface area contributed by atoms with Crippen molar-refractivity contribution in [2.24, 2.45) is 0 Å². The number of halogens is 2. The maximum atomic E-state index is 13.0. The van der Waals surface area contributed by atoms with Crippen LogP contribution in [-0.4, -0.2) is 19.6 Å². The average Bonchev–Trinajstić information content (AvgIpc) is 2.87. The van der Waals surface area contributed by atoms with Gasteiger partial charge in [-0.1, -0.05) is 48.0 Å². The van der Waals surface area contributed by atoms with E-state index >= 15 is 0 Å². The zero-order valence-electron chi connectivity index (χ0n) is 18.7. The molecular formula is C28H20ClFN2O3. The Morgan fingerprint density at radius 3 is 2.51 bits per heavy atom. The summed E-state index contributed by atoms with van der Waals surface area (Å²) in [4.78, 5) is 12.2. The Morgan fingerprint density at radius 2 is 1.80 bits per heavy atom. The SMILES string of the molecule is COc1cc(/C=C(/C#N)c2ccc3ccccc3c2)cc(Cl)c1OCC(=O)Nc1ccc(F)cc1. The zero-order valence-corrected chi connectivity index (χ0v) is 19.5. The van der Waals surface area contributed by atoms with E-state index in [4.69, 9.17) is 21.1 Å². The van der Waals surface area contributed by atoms with Crippen molar-refractivity contribution in [3.8, 4) is 17.6 Å². The number of nitrogens with one attached hydrogen (secondary N) is 1. The summed E-state index contributed by atoms with van der Waals surface area (Å²) in [5.74, 6) is -0.328. The lowest BCUT2D eigenvalue weighted by atomic mass is 10.00. The molecule has 5 nitrogen and oxygen atoms in total. The Bertz CT molecular complexity index is 1460. The number of anilines is 1. The predicted molar refractivity (Wildman–Crippen MR) is 136 cm³/mol. The molecular weight excluding hydrogens is 467 g/mol. The number of benzene rings is 4. The number of carbonyl (C=O) groups is 1. The minimum atomic E-state index is -0.443. The van der Waals surface area contributed by atoms with Crippen molar-refractivity contribution < 1.29 is 18.7 Å². The number of ether oxygens (including phenoxy) is 2. The predicted octanol–water partition coefficient (Wildman–Crippen LogP) is 6.72. The van der Waals surface area contributed by atoms with Crippen molar-refractivity contribution in [2.45, 2.75) is 0 Å². The minimum absolute atomic E-state index is 0.199. The Balaban J connectivity index is 1.54. The molecule has 0 aliphatic rings. The molecule has 0 aliphatic carbocycles. The molecule has 0 atom stereocenters. The van der Waals surface area contributed by atoms with Gasteiger partial charge < -0.3 is 14.8 Å². The number of allylic oxidation sites excluding steroid dienone is 1. The van der Waals surface area contributed by atoms with Crippen LogP contribution in [0.25, 0.3) is 22.4 Å². The smallest absolute Gasteiger partial charge is 0.262 e. The van der Waals surface area contributed by atoms with Crippen molar-refractivity contribution in [1.29, 1.82) is 5.26 Å². The lowest BCUT2D eigenvalue weighted by molar-refractivity contribution is -0.118. The van der Waals surface area contributed by atoms with Crippen LogP contribution >= 0.6 is 11.6 Å². The first kappa shape index (κ1) is 23.8. The molecule has 4 aromatic carbocycles. The first-order valence-corrected chi connectivity index (χ1v) is 11.0. The van der Waals surface area contributed by atoms with Crippen molar-refractivity contribution in [1.82, 2.24) is 0 Å². The van der Waals surface area contributed by atoms with Gasteiger partial charge in [0.2, 0.25) is 0 Å². The summed E-state index contributed by atoms with van der Waals surface area (Å²) >= 11 is 6.43. The molecule has 0 saturated carbocycles. The molecule has 0 aliphatic heterocycles. The summed E-state index contributed by atoms with van der Waals surface area (Å²) in [6, 6.07) is 24.7. The van der Waals surface area contributed by atoms with Gasteiger partial charge in [-0.25, -0.2) is 4.39 Å². The van der Waals surface area contributed by atoms with E-state index in [-0.39, 0.29) is 17.4 Å². The fourth-order valence-electron chi connectivity index (χ4n) is 3.53. The monoisotopic (exact) mass is 486 g/mol. The van der Waals surface area contributed by atoms with E-state index in [1.54, 1.807) is 18.2 Å². The fourth-order valence-corrected chi connectivity index (χ4v) is 3.81. The molecule has 0 fully saturated rings. The van der Waals surface area contributed by atoms with Gasteiger partial charge in [0.05, 0.1) is 23.8 Å². The summed E-state index contributed by atoms with van der Waals surface area (Å²) in [5, 5.41) is 14.7. The molecule has 1 amide bonds. The molecule has 0 heterocycles. The highest BCUT2D eigenvalue weighted by atomic mass is 35.5. The molecule has 7 heteroatoms. The molecule has 35 heavy (non-hydrogen) atoms. The topological polar surface area (TPSA) is 71.3 Å². The Hall–Kier alpha value is -4.34. The van der Waals surface area contributed by atoms with E-state index < -0.39 is 11.7 Å². The third-order valence-corrected chi connectivity index (χ3v) is 5.50. The molecule has 0 spiro atoms. The summed E-state index contributed by atoms with van der Waals surface area (Å²) in [7, 11) is 1.46. The van der Waals surface area contributed by atoms with Crippen LogP contribution in [0.2, 0.25) is 5.02 Å². The molecule has 0 bridgehead atoms. The number of hydrogen-bond donors (Lipinski definition) is 1. The van der Waals surface area contributed by atoms with E-state index in [9.17, 15) is 14.4 Å². The van der Waals surface area contributed by atoms with Crippen molar-refractivity contribution in [3.63, 3.8) is 0 Å². The van der Waals surface area contributed by atoms with Gasteiger partial charge in [0, 0.05) is 5.69 Å². The van der Waals surface area contributed by atoms with Gasteiger partial charge >= 0.3 is 0 Å². The van der Waals surface area contributed by atoms with Crippen LogP contribution in [0.1, 0.15) is 11.1 Å². The number of methoxy groups -OCH3 is 1. The normalized spacial score (nSPS) is 11.1. The van der Waals surface area contributed by atoms with Crippen LogP contribution < -0.4 is 14.8 Å². The van der Waals surface area contributed by atoms with Crippen LogP contribution in [0.3, 0.4) is 0 Å². The highest BCUT2D eigenvalue weighted by Gasteiger charge is 2.14. The number of fused-ring (bicyclic) bond motifs is 1. The van der Waals surface area contributed by atoms with Crippen molar-refractivity contribution >= 4 is 45.6 Å². The summed E-state index contributed by atoms with van der Waals surface area (Å²) < 4.78 is 24.0. The number of nitriles is 1. The second-order valence-corrected chi connectivity index (χ2v) is 8.02. The van der Waals surface area contributed by atoms with Crippen LogP contribution in [0.15, 0.2) is 78.9 Å². The zero-order chi connectivity index (χ0) is 24.8. The number of carbonyl (C=O) groups excluding carboxylic acids is 1. The van der Waals surface area contributed by atoms with Gasteiger partial charge in [0.25, 0.3) is 5.91 Å². The van der Waals surface area contributed by atoms with Gasteiger partial charge in [-0.05, 0) is 70.4 Å². The lowest BCUT2D eigenvalue weighted by Gasteiger charge is -2.13. The number of hydrogen-bond acceptors (Lipinski definition) is 4. The van der Waals surface area contributed by atoms with E-state index in [0.717, 1.165) is 16.3 Å². The largest absolute Gasteiger partial charge is 0.493 e. The molecule has 0 saturated heterocycles. The lowest BCUT2D eigenvalue weighted by Crippen LogP contribution is -2.20. The summed E-state index contributed by atoms with van der Waals surface area (Å²) in [6.07, 6.45) is 1.71. The van der Waals surface area contributed by atoms with Crippen LogP contribution in [0.5, 0.6) is 11.5 Å². The molecule has 0 aromatic heterocycles. The van der Waals surface area contributed by atoms with Gasteiger partial charge in [-0.3, -0.25) is 4.79 Å². The summed E-state index contributed by atoms with van der Waals surface area (Å²) in [5.41, 5.74) is 2.32. The fraction of sp³-hybridized carbons (Fsp3) is 0.0714. The number of rotatable bonds is 7. The highest BCUT2D eigenvalue weighted by molar-refractivity contribution is 6.32. The molecule has 0 radical (unpaired) electrons. The van der Waals surface area contributed by atoms with Crippen molar-refractivity contribution in [3.05, 3.63) is 101 Å². The molecule has 1 N–H and O–H groups in total. The molecule has 174 valence electrons. The van der Waals surface area contributed by atoms with Gasteiger partial charge in [-0.15, -0.1) is 0 Å². The van der Waals surface area contributed by atoms with Crippen LogP contribution in [0.4, 0.5) is 10.1 Å². The van der Waals surface area contributed by atoms with Crippen molar-refractivity contribution in [2.75, 3.05) is 19.0 Å². The first-order chi connectivity index (χ1) is 17.0. The van der Waals surface area contributed by atoms with Gasteiger partial charge in [0.1, 0.15) is 5.82 Å². The van der Waals surface area contributed by atoms with E-state index in [2.05, 4.69) is 11.4 Å². The Labute approximate surface area is 207 Å². The first-order valence-electron chi connectivity index (χ1n) is 10.6. The van der Waals surface area contributed by atoms with Gasteiger partial charge in [0.15, 0.2) is 18.1 Å². The standard InChI is InChI=1S/C28H20ClFN2O3/c1-34-26-14-18(12-22(16-31)21-7-6-19-4-2-3-5-20(19)15-21)13-25(29)28(26)35-17-27(33)32-24-10-8-23(30)9-11-24/h2-15H,17H2,1H3,(H,32,33)/b22-12-. The third kappa shape index (κ3) is 5.78. The quantitative estimate of drug-likeness (QED) is 0.232.